The first-order valence-corrected chi connectivity index (χ1v) is 8.56. The van der Waals surface area contributed by atoms with Gasteiger partial charge in [0.1, 0.15) is 10.0 Å². The second-order valence-corrected chi connectivity index (χ2v) is 7.26. The highest BCUT2D eigenvalue weighted by Crippen LogP contribution is 2.38. The summed E-state index contributed by atoms with van der Waals surface area (Å²) in [5.41, 5.74) is 1.07. The van der Waals surface area contributed by atoms with E-state index in [1.807, 2.05) is 24.3 Å². The molecule has 0 saturated heterocycles. The van der Waals surface area contributed by atoms with Crippen LogP contribution in [0.1, 0.15) is 36.6 Å². The predicted octanol–water partition coefficient (Wildman–Crippen LogP) is 4.33. The highest BCUT2D eigenvalue weighted by Gasteiger charge is 2.28. The molecule has 2 aromatic rings. The number of hydrogen-bond donors (Lipinski definition) is 1. The van der Waals surface area contributed by atoms with Gasteiger partial charge in [-0.1, -0.05) is 39.4 Å². The molecule has 1 aromatic carbocycles. The summed E-state index contributed by atoms with van der Waals surface area (Å²) in [7, 11) is 0. The minimum atomic E-state index is -0.665. The Hall–Kier alpha value is -1.27. The fourth-order valence-electron chi connectivity index (χ4n) is 2.70. The van der Waals surface area contributed by atoms with Gasteiger partial charge in [0.15, 0.2) is 0 Å². The van der Waals surface area contributed by atoms with Gasteiger partial charge in [0.2, 0.25) is 0 Å². The molecule has 0 radical (unpaired) electrons. The fourth-order valence-corrected chi connectivity index (χ4v) is 3.98. The van der Waals surface area contributed by atoms with Crippen LogP contribution in [0.4, 0.5) is 0 Å². The summed E-state index contributed by atoms with van der Waals surface area (Å²) in [5.74, 6) is -0.483. The SMILES string of the molecule is O=C(O)C1CCC(c2nnc(-c3ccc(Br)cc3)s2)CC1. The molecule has 4 nitrogen and oxygen atoms in total. The Morgan fingerprint density at radius 2 is 1.81 bits per heavy atom. The number of halogens is 1. The number of benzene rings is 1. The highest BCUT2D eigenvalue weighted by atomic mass is 79.9. The number of aliphatic carboxylic acids is 1. The quantitative estimate of drug-likeness (QED) is 0.877. The first-order valence-electron chi connectivity index (χ1n) is 6.95. The first-order chi connectivity index (χ1) is 10.1. The summed E-state index contributed by atoms with van der Waals surface area (Å²) >= 11 is 5.05. The molecule has 6 heteroatoms. The Kier molecular flexibility index (Phi) is 4.35. The van der Waals surface area contributed by atoms with Gasteiger partial charge in [-0.25, -0.2) is 0 Å². The average Bonchev–Trinajstić information content (AvgIpc) is 2.98. The van der Waals surface area contributed by atoms with Crippen LogP contribution in [0.3, 0.4) is 0 Å². The van der Waals surface area contributed by atoms with Crippen LogP contribution >= 0.6 is 27.3 Å². The highest BCUT2D eigenvalue weighted by molar-refractivity contribution is 9.10. The van der Waals surface area contributed by atoms with Gasteiger partial charge >= 0.3 is 5.97 Å². The van der Waals surface area contributed by atoms with Crippen LogP contribution in [0.5, 0.6) is 0 Å². The second kappa shape index (κ2) is 6.23. The van der Waals surface area contributed by atoms with Crippen LogP contribution in [0, 0.1) is 5.92 Å². The summed E-state index contributed by atoms with van der Waals surface area (Å²) in [4.78, 5) is 11.0. The van der Waals surface area contributed by atoms with Crippen molar-refractivity contribution in [3.05, 3.63) is 33.7 Å². The van der Waals surface area contributed by atoms with Gasteiger partial charge in [0.25, 0.3) is 0 Å². The minimum absolute atomic E-state index is 0.180. The van der Waals surface area contributed by atoms with Crippen molar-refractivity contribution in [1.29, 1.82) is 0 Å². The molecule has 3 rings (SSSR count). The van der Waals surface area contributed by atoms with Crippen molar-refractivity contribution in [1.82, 2.24) is 10.2 Å². The van der Waals surface area contributed by atoms with Crippen molar-refractivity contribution in [3.63, 3.8) is 0 Å². The molecule has 1 aliphatic rings. The average molecular weight is 367 g/mol. The molecule has 0 atom stereocenters. The second-order valence-electron chi connectivity index (χ2n) is 5.34. The van der Waals surface area contributed by atoms with E-state index in [0.717, 1.165) is 45.7 Å². The monoisotopic (exact) mass is 366 g/mol. The molecule has 0 unspecified atom stereocenters. The number of rotatable bonds is 3. The Morgan fingerprint density at radius 1 is 1.14 bits per heavy atom. The van der Waals surface area contributed by atoms with E-state index in [4.69, 9.17) is 5.11 Å². The van der Waals surface area contributed by atoms with Crippen LogP contribution < -0.4 is 0 Å². The molecule has 0 bridgehead atoms. The van der Waals surface area contributed by atoms with Gasteiger partial charge in [-0.2, -0.15) is 0 Å². The van der Waals surface area contributed by atoms with E-state index in [9.17, 15) is 4.79 Å². The topological polar surface area (TPSA) is 63.1 Å². The van der Waals surface area contributed by atoms with Crippen LogP contribution in [0.15, 0.2) is 28.7 Å². The van der Waals surface area contributed by atoms with E-state index in [1.165, 1.54) is 0 Å². The number of nitrogens with zero attached hydrogens (tertiary/aromatic N) is 2. The molecule has 1 saturated carbocycles. The lowest BCUT2D eigenvalue weighted by molar-refractivity contribution is -0.142. The molecule has 1 fully saturated rings. The molecule has 1 aromatic heterocycles. The van der Waals surface area contributed by atoms with Crippen LogP contribution in [-0.2, 0) is 4.79 Å². The van der Waals surface area contributed by atoms with E-state index in [1.54, 1.807) is 11.3 Å². The molecule has 0 aliphatic heterocycles. The van der Waals surface area contributed by atoms with Gasteiger partial charge in [0, 0.05) is 16.0 Å². The maximum atomic E-state index is 11.0. The molecule has 1 aliphatic carbocycles. The number of carboxylic acids is 1. The van der Waals surface area contributed by atoms with Crippen molar-refractivity contribution < 1.29 is 9.90 Å². The third kappa shape index (κ3) is 3.32. The Balaban J connectivity index is 1.71. The van der Waals surface area contributed by atoms with Crippen LogP contribution in [-0.4, -0.2) is 21.3 Å². The number of carbonyl (C=O) groups is 1. The zero-order valence-electron chi connectivity index (χ0n) is 11.3. The Labute approximate surface area is 135 Å². The molecule has 0 amide bonds. The van der Waals surface area contributed by atoms with Crippen molar-refractivity contribution >= 4 is 33.2 Å². The van der Waals surface area contributed by atoms with E-state index < -0.39 is 5.97 Å². The fraction of sp³-hybridized carbons (Fsp3) is 0.400. The maximum absolute atomic E-state index is 11.0. The van der Waals surface area contributed by atoms with Crippen molar-refractivity contribution in [3.8, 4) is 10.6 Å². The zero-order valence-corrected chi connectivity index (χ0v) is 13.7. The molecule has 1 N–H and O–H groups in total. The largest absolute Gasteiger partial charge is 0.481 e. The summed E-state index contributed by atoms with van der Waals surface area (Å²) in [6, 6.07) is 8.04. The normalized spacial score (nSPS) is 22.1. The molecular weight excluding hydrogens is 352 g/mol. The standard InChI is InChI=1S/C15H15BrN2O2S/c16-12-7-5-10(6-8-12)14-18-17-13(21-14)9-1-3-11(4-2-9)15(19)20/h5-9,11H,1-4H2,(H,19,20). The van der Waals surface area contributed by atoms with Crippen molar-refractivity contribution in [2.75, 3.05) is 0 Å². The predicted molar refractivity (Wildman–Crippen MR) is 85.4 cm³/mol. The smallest absolute Gasteiger partial charge is 0.306 e. The number of aromatic nitrogens is 2. The zero-order chi connectivity index (χ0) is 14.8. The summed E-state index contributed by atoms with van der Waals surface area (Å²) in [6.45, 7) is 0. The Morgan fingerprint density at radius 3 is 2.43 bits per heavy atom. The molecule has 21 heavy (non-hydrogen) atoms. The van der Waals surface area contributed by atoms with Gasteiger partial charge in [-0.3, -0.25) is 4.79 Å². The van der Waals surface area contributed by atoms with E-state index in [2.05, 4.69) is 26.1 Å². The minimum Gasteiger partial charge on any atom is -0.481 e. The van der Waals surface area contributed by atoms with Crippen molar-refractivity contribution in [2.24, 2.45) is 5.92 Å². The summed E-state index contributed by atoms with van der Waals surface area (Å²) < 4.78 is 1.04. The Bertz CT molecular complexity index is 633. The molecule has 110 valence electrons. The van der Waals surface area contributed by atoms with E-state index in [-0.39, 0.29) is 5.92 Å². The first kappa shape index (κ1) is 14.7. The number of carboxylic acid groups (broad SMARTS) is 1. The van der Waals surface area contributed by atoms with Gasteiger partial charge < -0.3 is 5.11 Å². The lowest BCUT2D eigenvalue weighted by atomic mass is 9.82. The lowest BCUT2D eigenvalue weighted by Gasteiger charge is -2.23. The summed E-state index contributed by atoms with van der Waals surface area (Å²) in [6.07, 6.45) is 3.28. The van der Waals surface area contributed by atoms with Gasteiger partial charge in [-0.05, 0) is 37.8 Å². The molecule has 1 heterocycles. The number of hydrogen-bond acceptors (Lipinski definition) is 4. The van der Waals surface area contributed by atoms with Gasteiger partial charge in [0.05, 0.1) is 5.92 Å². The molecular formula is C15H15BrN2O2S. The maximum Gasteiger partial charge on any atom is 0.306 e. The van der Waals surface area contributed by atoms with Crippen LogP contribution in [0.25, 0.3) is 10.6 Å². The summed E-state index contributed by atoms with van der Waals surface area (Å²) in [5, 5.41) is 19.6. The van der Waals surface area contributed by atoms with Gasteiger partial charge in [-0.15, -0.1) is 10.2 Å². The third-order valence-corrected chi connectivity index (χ3v) is 5.62. The lowest BCUT2D eigenvalue weighted by Crippen LogP contribution is -2.20. The van der Waals surface area contributed by atoms with E-state index in [0.29, 0.717) is 5.92 Å². The molecule has 0 spiro atoms. The van der Waals surface area contributed by atoms with Crippen LogP contribution in [0.2, 0.25) is 0 Å². The van der Waals surface area contributed by atoms with E-state index >= 15 is 0 Å². The third-order valence-electron chi connectivity index (χ3n) is 3.96. The van der Waals surface area contributed by atoms with Crippen molar-refractivity contribution in [2.45, 2.75) is 31.6 Å².